The van der Waals surface area contributed by atoms with Crippen LogP contribution >= 0.6 is 11.6 Å². The van der Waals surface area contributed by atoms with Gasteiger partial charge in [-0.05, 0) is 25.1 Å². The van der Waals surface area contributed by atoms with Crippen molar-refractivity contribution in [3.05, 3.63) is 71.5 Å². The van der Waals surface area contributed by atoms with Gasteiger partial charge in [-0.25, -0.2) is 14.6 Å². The molecule has 0 fully saturated rings. The lowest BCUT2D eigenvalue weighted by atomic mass is 10.2. The second kappa shape index (κ2) is 5.48. The monoisotopic (exact) mass is 320 g/mol. The molecule has 0 saturated heterocycles. The lowest BCUT2D eigenvalue weighted by Crippen LogP contribution is -1.98. The summed E-state index contributed by atoms with van der Waals surface area (Å²) < 4.78 is 1.78. The first-order valence-electron chi connectivity index (χ1n) is 7.26. The number of nitrogens with zero attached hydrogens (tertiary/aromatic N) is 4. The fourth-order valence-corrected chi connectivity index (χ4v) is 2.75. The van der Waals surface area contributed by atoms with E-state index in [0.717, 1.165) is 33.8 Å². The van der Waals surface area contributed by atoms with Gasteiger partial charge in [-0.15, -0.1) is 0 Å². The third-order valence-electron chi connectivity index (χ3n) is 3.67. The van der Waals surface area contributed by atoms with Crippen LogP contribution in [0.4, 0.5) is 0 Å². The van der Waals surface area contributed by atoms with Crippen molar-refractivity contribution >= 4 is 22.8 Å². The Balaban J connectivity index is 1.90. The standard InChI is InChI=1S/C18H13ClN4/c1-12-17-18(23(22-12)15-9-5-8-14(19)10-15)20-11-16(21-17)13-6-3-2-4-7-13/h2-11H,1H3. The van der Waals surface area contributed by atoms with Crippen molar-refractivity contribution in [1.29, 1.82) is 0 Å². The van der Waals surface area contributed by atoms with E-state index in [9.17, 15) is 0 Å². The van der Waals surface area contributed by atoms with E-state index in [1.807, 2.05) is 61.5 Å². The Bertz CT molecular complexity index is 993. The van der Waals surface area contributed by atoms with Gasteiger partial charge in [0.2, 0.25) is 0 Å². The molecular formula is C18H13ClN4. The summed E-state index contributed by atoms with van der Waals surface area (Å²) in [6.07, 6.45) is 1.78. The molecule has 4 aromatic rings. The fraction of sp³-hybridized carbons (Fsp3) is 0.0556. The average Bonchev–Trinajstić information content (AvgIpc) is 2.92. The van der Waals surface area contributed by atoms with Crippen LogP contribution in [0.5, 0.6) is 0 Å². The summed E-state index contributed by atoms with van der Waals surface area (Å²) in [6.45, 7) is 1.94. The molecule has 2 aromatic carbocycles. The van der Waals surface area contributed by atoms with E-state index in [-0.39, 0.29) is 0 Å². The lowest BCUT2D eigenvalue weighted by Gasteiger charge is -2.04. The van der Waals surface area contributed by atoms with Crippen molar-refractivity contribution in [3.8, 4) is 16.9 Å². The number of benzene rings is 2. The number of hydrogen-bond donors (Lipinski definition) is 0. The summed E-state index contributed by atoms with van der Waals surface area (Å²) in [5.41, 5.74) is 5.11. The fourth-order valence-electron chi connectivity index (χ4n) is 2.56. The molecule has 0 unspecified atom stereocenters. The highest BCUT2D eigenvalue weighted by Gasteiger charge is 2.13. The molecule has 0 N–H and O–H groups in total. The van der Waals surface area contributed by atoms with Crippen LogP contribution in [0, 0.1) is 6.92 Å². The molecule has 0 spiro atoms. The summed E-state index contributed by atoms with van der Waals surface area (Å²) in [6, 6.07) is 17.5. The highest BCUT2D eigenvalue weighted by Crippen LogP contribution is 2.23. The van der Waals surface area contributed by atoms with Crippen molar-refractivity contribution in [2.75, 3.05) is 0 Å². The quantitative estimate of drug-likeness (QED) is 0.548. The van der Waals surface area contributed by atoms with Gasteiger partial charge in [0.25, 0.3) is 0 Å². The first kappa shape index (κ1) is 13.9. The predicted octanol–water partition coefficient (Wildman–Crippen LogP) is 4.44. The Kier molecular flexibility index (Phi) is 3.32. The second-order valence-electron chi connectivity index (χ2n) is 5.27. The zero-order valence-corrected chi connectivity index (χ0v) is 13.2. The van der Waals surface area contributed by atoms with Crippen LogP contribution in [0.15, 0.2) is 60.8 Å². The number of aryl methyl sites for hydroxylation is 1. The minimum atomic E-state index is 0.665. The molecule has 0 atom stereocenters. The minimum absolute atomic E-state index is 0.665. The van der Waals surface area contributed by atoms with Gasteiger partial charge in [0.15, 0.2) is 5.65 Å². The van der Waals surface area contributed by atoms with Crippen molar-refractivity contribution in [2.24, 2.45) is 0 Å². The third kappa shape index (κ3) is 2.47. The Hall–Kier alpha value is -2.72. The highest BCUT2D eigenvalue weighted by atomic mass is 35.5. The van der Waals surface area contributed by atoms with E-state index >= 15 is 0 Å². The van der Waals surface area contributed by atoms with Gasteiger partial charge in [-0.1, -0.05) is 48.0 Å². The normalized spacial score (nSPS) is 11.0. The van der Waals surface area contributed by atoms with E-state index in [0.29, 0.717) is 5.02 Å². The molecule has 2 heterocycles. The Morgan fingerprint density at radius 1 is 1.00 bits per heavy atom. The largest absolute Gasteiger partial charge is 0.241 e. The summed E-state index contributed by atoms with van der Waals surface area (Å²) in [7, 11) is 0. The van der Waals surface area contributed by atoms with Gasteiger partial charge in [0.1, 0.15) is 5.52 Å². The van der Waals surface area contributed by atoms with Crippen LogP contribution in [0.2, 0.25) is 5.02 Å². The first-order chi connectivity index (χ1) is 11.2. The minimum Gasteiger partial charge on any atom is -0.241 e. The van der Waals surface area contributed by atoms with Gasteiger partial charge < -0.3 is 0 Å². The Labute approximate surface area is 138 Å². The number of halogens is 1. The zero-order valence-electron chi connectivity index (χ0n) is 12.4. The molecule has 4 nitrogen and oxygen atoms in total. The smallest absolute Gasteiger partial charge is 0.181 e. The molecule has 23 heavy (non-hydrogen) atoms. The second-order valence-corrected chi connectivity index (χ2v) is 5.71. The highest BCUT2D eigenvalue weighted by molar-refractivity contribution is 6.30. The molecule has 5 heteroatoms. The van der Waals surface area contributed by atoms with Crippen LogP contribution in [0.1, 0.15) is 5.69 Å². The maximum Gasteiger partial charge on any atom is 0.181 e. The average molecular weight is 321 g/mol. The van der Waals surface area contributed by atoms with Crippen molar-refractivity contribution in [3.63, 3.8) is 0 Å². The van der Waals surface area contributed by atoms with Gasteiger partial charge in [0, 0.05) is 10.6 Å². The summed E-state index contributed by atoms with van der Waals surface area (Å²) >= 11 is 6.08. The molecule has 0 bridgehead atoms. The van der Waals surface area contributed by atoms with Crippen LogP contribution in [-0.4, -0.2) is 19.7 Å². The SMILES string of the molecule is Cc1nn(-c2cccc(Cl)c2)c2ncc(-c3ccccc3)nc12. The van der Waals surface area contributed by atoms with Crippen LogP contribution < -0.4 is 0 Å². The number of aromatic nitrogens is 4. The van der Waals surface area contributed by atoms with E-state index in [4.69, 9.17) is 16.6 Å². The lowest BCUT2D eigenvalue weighted by molar-refractivity contribution is 0.878. The van der Waals surface area contributed by atoms with Crippen molar-refractivity contribution in [1.82, 2.24) is 19.7 Å². The van der Waals surface area contributed by atoms with Crippen molar-refractivity contribution in [2.45, 2.75) is 6.92 Å². The Morgan fingerprint density at radius 3 is 2.61 bits per heavy atom. The molecule has 0 amide bonds. The predicted molar refractivity (Wildman–Crippen MR) is 91.8 cm³/mol. The molecule has 0 saturated carbocycles. The van der Waals surface area contributed by atoms with Crippen LogP contribution in [-0.2, 0) is 0 Å². The molecule has 0 radical (unpaired) electrons. The first-order valence-corrected chi connectivity index (χ1v) is 7.64. The topological polar surface area (TPSA) is 43.6 Å². The van der Waals surface area contributed by atoms with Gasteiger partial charge in [-0.3, -0.25) is 0 Å². The molecule has 0 aliphatic carbocycles. The molecular weight excluding hydrogens is 308 g/mol. The van der Waals surface area contributed by atoms with E-state index in [2.05, 4.69) is 10.1 Å². The number of hydrogen-bond acceptors (Lipinski definition) is 3. The third-order valence-corrected chi connectivity index (χ3v) is 3.90. The summed E-state index contributed by atoms with van der Waals surface area (Å²) in [4.78, 5) is 9.31. The summed E-state index contributed by atoms with van der Waals surface area (Å²) in [5, 5.41) is 5.23. The van der Waals surface area contributed by atoms with E-state index in [1.165, 1.54) is 0 Å². The molecule has 112 valence electrons. The maximum absolute atomic E-state index is 6.08. The van der Waals surface area contributed by atoms with Gasteiger partial charge in [0.05, 0.1) is 23.3 Å². The van der Waals surface area contributed by atoms with Crippen LogP contribution in [0.25, 0.3) is 28.1 Å². The molecule has 4 rings (SSSR count). The van der Waals surface area contributed by atoms with E-state index < -0.39 is 0 Å². The Morgan fingerprint density at radius 2 is 1.83 bits per heavy atom. The molecule has 2 aromatic heterocycles. The van der Waals surface area contributed by atoms with Crippen molar-refractivity contribution < 1.29 is 0 Å². The van der Waals surface area contributed by atoms with E-state index in [1.54, 1.807) is 10.9 Å². The van der Waals surface area contributed by atoms with Gasteiger partial charge in [-0.2, -0.15) is 5.10 Å². The van der Waals surface area contributed by atoms with Crippen LogP contribution in [0.3, 0.4) is 0 Å². The number of rotatable bonds is 2. The molecule has 0 aliphatic rings. The maximum atomic E-state index is 6.08. The zero-order chi connectivity index (χ0) is 15.8. The van der Waals surface area contributed by atoms with Gasteiger partial charge >= 0.3 is 0 Å². The number of fused-ring (bicyclic) bond motifs is 1. The summed E-state index contributed by atoms with van der Waals surface area (Å²) in [5.74, 6) is 0. The molecule has 0 aliphatic heterocycles.